The van der Waals surface area contributed by atoms with Crippen molar-refractivity contribution in [2.45, 2.75) is 0 Å². The van der Waals surface area contributed by atoms with E-state index in [1.54, 1.807) is 12.1 Å². The Kier molecular flexibility index (Phi) is 2.82. The number of hydrogen-bond acceptors (Lipinski definition) is 2. The van der Waals surface area contributed by atoms with Gasteiger partial charge in [-0.3, -0.25) is 0 Å². The van der Waals surface area contributed by atoms with E-state index in [9.17, 15) is 5.11 Å². The van der Waals surface area contributed by atoms with E-state index in [2.05, 4.69) is 12.1 Å². The summed E-state index contributed by atoms with van der Waals surface area (Å²) in [4.78, 5) is 2.02. The fourth-order valence-corrected chi connectivity index (χ4v) is 1.55. The number of nitrogens with zero attached hydrogens (tertiary/aromatic N) is 1. The monoisotopic (exact) mass is 212 g/mol. The Bertz CT molecular complexity index is 474. The van der Waals surface area contributed by atoms with E-state index in [1.807, 2.05) is 43.3 Å². The molecule has 0 aliphatic rings. The van der Waals surface area contributed by atoms with Crippen LogP contribution in [0.5, 0.6) is 5.75 Å². The molecule has 0 unspecified atom stereocenters. The molecule has 81 valence electrons. The molecule has 2 aromatic carbocycles. The lowest BCUT2D eigenvalue weighted by molar-refractivity contribution is 0.475. The van der Waals surface area contributed by atoms with Crippen LogP contribution in [-0.2, 0) is 0 Å². The second-order valence-electron chi connectivity index (χ2n) is 3.90. The van der Waals surface area contributed by atoms with E-state index < -0.39 is 0 Å². The molecule has 0 aliphatic carbocycles. The standard InChI is InChI=1S/C14H14NO/c1-15(2)13-5-3-4-12(10-13)11-6-8-14(16)9-7-11/h3-4,6-10,16H,1-2H3. The molecule has 2 heteroatoms. The Balaban J connectivity index is 2.40. The van der Waals surface area contributed by atoms with Crippen molar-refractivity contribution < 1.29 is 5.11 Å². The lowest BCUT2D eigenvalue weighted by atomic mass is 10.0. The van der Waals surface area contributed by atoms with Gasteiger partial charge in [-0.25, -0.2) is 0 Å². The third kappa shape index (κ3) is 2.16. The molecule has 0 aliphatic heterocycles. The van der Waals surface area contributed by atoms with Gasteiger partial charge >= 0.3 is 0 Å². The summed E-state index contributed by atoms with van der Waals surface area (Å²) in [5, 5.41) is 9.23. The molecule has 2 nitrogen and oxygen atoms in total. The second-order valence-corrected chi connectivity index (χ2v) is 3.90. The number of anilines is 1. The van der Waals surface area contributed by atoms with Crippen LogP contribution in [0.15, 0.2) is 42.5 Å². The van der Waals surface area contributed by atoms with Gasteiger partial charge in [0.25, 0.3) is 0 Å². The van der Waals surface area contributed by atoms with Gasteiger partial charge < -0.3 is 10.0 Å². The quantitative estimate of drug-likeness (QED) is 0.827. The van der Waals surface area contributed by atoms with Crippen molar-refractivity contribution in [1.29, 1.82) is 0 Å². The first-order chi connectivity index (χ1) is 7.66. The fourth-order valence-electron chi connectivity index (χ4n) is 1.55. The summed E-state index contributed by atoms with van der Waals surface area (Å²) in [6.45, 7) is 0. The first kappa shape index (κ1) is 10.6. The molecule has 0 heterocycles. The van der Waals surface area contributed by atoms with E-state index in [0.29, 0.717) is 5.75 Å². The summed E-state index contributed by atoms with van der Waals surface area (Å²) in [5.74, 6) is 0.291. The number of phenols is 1. The minimum Gasteiger partial charge on any atom is -0.508 e. The second kappa shape index (κ2) is 4.27. The maximum absolute atomic E-state index is 9.23. The Morgan fingerprint density at radius 2 is 1.69 bits per heavy atom. The third-order valence-corrected chi connectivity index (χ3v) is 2.47. The highest BCUT2D eigenvalue weighted by molar-refractivity contribution is 5.68. The van der Waals surface area contributed by atoms with E-state index in [0.717, 1.165) is 16.8 Å². The van der Waals surface area contributed by atoms with Crippen LogP contribution in [0, 0.1) is 6.07 Å². The molecule has 0 bridgehead atoms. The largest absolute Gasteiger partial charge is 0.508 e. The topological polar surface area (TPSA) is 23.5 Å². The van der Waals surface area contributed by atoms with Gasteiger partial charge in [0.05, 0.1) is 0 Å². The normalized spacial score (nSPS) is 10.1. The first-order valence-corrected chi connectivity index (χ1v) is 5.15. The van der Waals surface area contributed by atoms with Gasteiger partial charge in [0, 0.05) is 25.8 Å². The van der Waals surface area contributed by atoms with Crippen molar-refractivity contribution in [2.75, 3.05) is 19.0 Å². The zero-order valence-electron chi connectivity index (χ0n) is 9.44. The molecule has 0 saturated heterocycles. The molecule has 1 radical (unpaired) electrons. The Hall–Kier alpha value is -1.96. The highest BCUT2D eigenvalue weighted by atomic mass is 16.3. The maximum Gasteiger partial charge on any atom is 0.115 e. The van der Waals surface area contributed by atoms with E-state index in [4.69, 9.17) is 0 Å². The molecule has 2 rings (SSSR count). The average Bonchev–Trinajstić information content (AvgIpc) is 2.30. The highest BCUT2D eigenvalue weighted by Crippen LogP contribution is 2.24. The molecule has 0 amide bonds. The van der Waals surface area contributed by atoms with E-state index >= 15 is 0 Å². The number of hydrogen-bond donors (Lipinski definition) is 1. The summed E-state index contributed by atoms with van der Waals surface area (Å²) in [5.41, 5.74) is 3.27. The van der Waals surface area contributed by atoms with Crippen molar-refractivity contribution >= 4 is 5.69 Å². The number of rotatable bonds is 2. The molecule has 16 heavy (non-hydrogen) atoms. The van der Waals surface area contributed by atoms with Gasteiger partial charge in [-0.2, -0.15) is 0 Å². The van der Waals surface area contributed by atoms with Crippen molar-refractivity contribution in [1.82, 2.24) is 0 Å². The first-order valence-electron chi connectivity index (χ1n) is 5.15. The van der Waals surface area contributed by atoms with Crippen LogP contribution in [0.4, 0.5) is 5.69 Å². The predicted molar refractivity (Wildman–Crippen MR) is 66.7 cm³/mol. The SMILES string of the molecule is CN(C)c1[c]ccc(-c2ccc(O)cc2)c1. The summed E-state index contributed by atoms with van der Waals surface area (Å²) < 4.78 is 0. The zero-order valence-corrected chi connectivity index (χ0v) is 9.44. The van der Waals surface area contributed by atoms with Crippen LogP contribution in [-0.4, -0.2) is 19.2 Å². The summed E-state index contributed by atoms with van der Waals surface area (Å²) in [6.07, 6.45) is 0. The Morgan fingerprint density at radius 3 is 2.31 bits per heavy atom. The number of benzene rings is 2. The summed E-state index contributed by atoms with van der Waals surface area (Å²) in [7, 11) is 3.98. The van der Waals surface area contributed by atoms with Crippen LogP contribution in [0.1, 0.15) is 0 Å². The minimum absolute atomic E-state index is 0.291. The predicted octanol–water partition coefficient (Wildman–Crippen LogP) is 2.93. The lowest BCUT2D eigenvalue weighted by Gasteiger charge is -2.13. The van der Waals surface area contributed by atoms with Crippen LogP contribution in [0.3, 0.4) is 0 Å². The van der Waals surface area contributed by atoms with Gasteiger partial charge in [0.1, 0.15) is 5.75 Å². The van der Waals surface area contributed by atoms with Crippen LogP contribution in [0.2, 0.25) is 0 Å². The van der Waals surface area contributed by atoms with Gasteiger partial charge in [0.2, 0.25) is 0 Å². The van der Waals surface area contributed by atoms with Crippen LogP contribution in [0.25, 0.3) is 11.1 Å². The average molecular weight is 212 g/mol. The van der Waals surface area contributed by atoms with Crippen LogP contribution < -0.4 is 4.90 Å². The molecule has 2 aromatic rings. The summed E-state index contributed by atoms with van der Waals surface area (Å²) >= 11 is 0. The molecule has 0 aromatic heterocycles. The van der Waals surface area contributed by atoms with Crippen molar-refractivity contribution in [2.24, 2.45) is 0 Å². The van der Waals surface area contributed by atoms with Crippen LogP contribution >= 0.6 is 0 Å². The van der Waals surface area contributed by atoms with Gasteiger partial charge in [-0.1, -0.05) is 24.3 Å². The van der Waals surface area contributed by atoms with Gasteiger partial charge in [-0.05, 0) is 29.3 Å². The highest BCUT2D eigenvalue weighted by Gasteiger charge is 2.00. The number of aromatic hydroxyl groups is 1. The smallest absolute Gasteiger partial charge is 0.115 e. The van der Waals surface area contributed by atoms with E-state index in [-0.39, 0.29) is 0 Å². The molecule has 0 spiro atoms. The van der Waals surface area contributed by atoms with Crippen molar-refractivity contribution in [3.63, 3.8) is 0 Å². The molecule has 0 fully saturated rings. The molecule has 0 atom stereocenters. The lowest BCUT2D eigenvalue weighted by Crippen LogP contribution is -2.08. The molecular formula is C14H14NO. The maximum atomic E-state index is 9.23. The van der Waals surface area contributed by atoms with Gasteiger partial charge in [-0.15, -0.1) is 0 Å². The summed E-state index contributed by atoms with van der Waals surface area (Å²) in [6, 6.07) is 16.4. The van der Waals surface area contributed by atoms with Crippen molar-refractivity contribution in [3.8, 4) is 16.9 Å². The van der Waals surface area contributed by atoms with Gasteiger partial charge in [0.15, 0.2) is 0 Å². The molecule has 1 N–H and O–H groups in total. The Morgan fingerprint density at radius 1 is 1.00 bits per heavy atom. The third-order valence-electron chi connectivity index (χ3n) is 2.47. The molecular weight excluding hydrogens is 198 g/mol. The molecule has 0 saturated carbocycles. The fraction of sp³-hybridized carbons (Fsp3) is 0.143. The number of phenolic OH excluding ortho intramolecular Hbond substituents is 1. The Labute approximate surface area is 95.8 Å². The van der Waals surface area contributed by atoms with E-state index in [1.165, 1.54) is 0 Å². The zero-order chi connectivity index (χ0) is 11.5. The minimum atomic E-state index is 0.291. The van der Waals surface area contributed by atoms with Crippen molar-refractivity contribution in [3.05, 3.63) is 48.5 Å².